The number of benzene rings is 1. The fourth-order valence-corrected chi connectivity index (χ4v) is 1.93. The molecule has 0 aliphatic heterocycles. The fraction of sp³-hybridized carbons (Fsp3) is 0.231. The summed E-state index contributed by atoms with van der Waals surface area (Å²) < 4.78 is 2.72. The molecule has 0 saturated heterocycles. The first kappa shape index (κ1) is 12.0. The van der Waals surface area contributed by atoms with Crippen molar-refractivity contribution in [1.82, 2.24) is 9.78 Å². The van der Waals surface area contributed by atoms with E-state index in [1.807, 2.05) is 24.3 Å². The highest BCUT2D eigenvalue weighted by Crippen LogP contribution is 2.14. The Bertz CT molecular complexity index is 516. The van der Waals surface area contributed by atoms with E-state index in [-0.39, 0.29) is 5.78 Å². The number of ketones is 1. The number of nitrogens with zero attached hydrogens (tertiary/aromatic N) is 2. The first-order valence-electron chi connectivity index (χ1n) is 5.54. The first-order chi connectivity index (χ1) is 8.22. The van der Waals surface area contributed by atoms with Crippen LogP contribution in [-0.2, 0) is 6.54 Å². The van der Waals surface area contributed by atoms with Gasteiger partial charge < -0.3 is 0 Å². The molecule has 0 spiro atoms. The largest absolute Gasteiger partial charge is 0.287 e. The van der Waals surface area contributed by atoms with Gasteiger partial charge in [-0.2, -0.15) is 5.10 Å². The zero-order valence-corrected chi connectivity index (χ0v) is 11.1. The molecule has 0 amide bonds. The lowest BCUT2D eigenvalue weighted by molar-refractivity contribution is 0.102. The van der Waals surface area contributed by atoms with E-state index in [0.717, 1.165) is 17.4 Å². The molecule has 2 rings (SSSR count). The Morgan fingerprint density at radius 3 is 2.65 bits per heavy atom. The molecule has 1 heterocycles. The van der Waals surface area contributed by atoms with Crippen LogP contribution in [0.5, 0.6) is 0 Å². The van der Waals surface area contributed by atoms with Crippen LogP contribution < -0.4 is 0 Å². The van der Waals surface area contributed by atoms with E-state index in [1.165, 1.54) is 0 Å². The first-order valence-corrected chi connectivity index (χ1v) is 6.33. The lowest BCUT2D eigenvalue weighted by Gasteiger charge is -2.05. The summed E-state index contributed by atoms with van der Waals surface area (Å²) in [7, 11) is 0. The molecular formula is C13H13BrN2O. The maximum atomic E-state index is 12.2. The van der Waals surface area contributed by atoms with Gasteiger partial charge in [0.1, 0.15) is 5.69 Å². The quantitative estimate of drug-likeness (QED) is 0.811. The molecule has 0 aliphatic carbocycles. The molecule has 0 unspecified atom stereocenters. The van der Waals surface area contributed by atoms with Crippen LogP contribution in [0.15, 0.2) is 41.0 Å². The minimum absolute atomic E-state index is 0.0171. The van der Waals surface area contributed by atoms with Crippen molar-refractivity contribution in [1.29, 1.82) is 0 Å². The Kier molecular flexibility index (Phi) is 3.74. The Morgan fingerprint density at radius 2 is 2.00 bits per heavy atom. The molecule has 88 valence electrons. The standard InChI is InChI=1S/C13H13BrN2O/c1-2-9-16-12(7-8-15-16)13(17)10-3-5-11(14)6-4-10/h3-8H,2,9H2,1H3. The van der Waals surface area contributed by atoms with Crippen molar-refractivity contribution in [2.75, 3.05) is 0 Å². The van der Waals surface area contributed by atoms with Crippen molar-refractivity contribution in [3.63, 3.8) is 0 Å². The average molecular weight is 293 g/mol. The van der Waals surface area contributed by atoms with Gasteiger partial charge in [0.15, 0.2) is 0 Å². The number of hydrogen-bond donors (Lipinski definition) is 0. The summed E-state index contributed by atoms with van der Waals surface area (Å²) in [6, 6.07) is 9.13. The molecule has 0 radical (unpaired) electrons. The summed E-state index contributed by atoms with van der Waals surface area (Å²) in [6.07, 6.45) is 2.63. The second kappa shape index (κ2) is 5.27. The van der Waals surface area contributed by atoms with Crippen LogP contribution in [0.1, 0.15) is 29.4 Å². The van der Waals surface area contributed by atoms with Gasteiger partial charge in [-0.3, -0.25) is 9.48 Å². The Hall–Kier alpha value is -1.42. The average Bonchev–Trinajstić information content (AvgIpc) is 2.78. The molecule has 17 heavy (non-hydrogen) atoms. The van der Waals surface area contributed by atoms with E-state index in [0.29, 0.717) is 11.3 Å². The van der Waals surface area contributed by atoms with E-state index in [4.69, 9.17) is 0 Å². The third-order valence-electron chi connectivity index (χ3n) is 2.49. The minimum Gasteiger partial charge on any atom is -0.287 e. The van der Waals surface area contributed by atoms with Crippen LogP contribution >= 0.6 is 15.9 Å². The molecule has 1 aromatic heterocycles. The van der Waals surface area contributed by atoms with Crippen molar-refractivity contribution in [2.45, 2.75) is 19.9 Å². The maximum absolute atomic E-state index is 12.2. The molecule has 0 atom stereocenters. The highest BCUT2D eigenvalue weighted by atomic mass is 79.9. The number of aryl methyl sites for hydroxylation is 1. The number of carbonyl (C=O) groups is 1. The lowest BCUT2D eigenvalue weighted by Crippen LogP contribution is -2.11. The summed E-state index contributed by atoms with van der Waals surface area (Å²) in [5, 5.41) is 4.16. The number of aromatic nitrogens is 2. The van der Waals surface area contributed by atoms with E-state index < -0.39 is 0 Å². The SMILES string of the molecule is CCCn1nccc1C(=O)c1ccc(Br)cc1. The molecule has 4 heteroatoms. The summed E-state index contributed by atoms with van der Waals surface area (Å²) in [5.74, 6) is 0.0171. The highest BCUT2D eigenvalue weighted by molar-refractivity contribution is 9.10. The number of halogens is 1. The topological polar surface area (TPSA) is 34.9 Å². The monoisotopic (exact) mass is 292 g/mol. The van der Waals surface area contributed by atoms with Crippen LogP contribution in [0.3, 0.4) is 0 Å². The van der Waals surface area contributed by atoms with E-state index in [9.17, 15) is 4.79 Å². The van der Waals surface area contributed by atoms with Crippen LogP contribution in [0, 0.1) is 0 Å². The van der Waals surface area contributed by atoms with Crippen molar-refractivity contribution in [3.8, 4) is 0 Å². The van der Waals surface area contributed by atoms with Crippen LogP contribution in [0.4, 0.5) is 0 Å². The second-order valence-corrected chi connectivity index (χ2v) is 4.69. The number of hydrogen-bond acceptors (Lipinski definition) is 2. The van der Waals surface area contributed by atoms with Gasteiger partial charge in [-0.1, -0.05) is 22.9 Å². The van der Waals surface area contributed by atoms with Gasteiger partial charge in [0.05, 0.1) is 0 Å². The Morgan fingerprint density at radius 1 is 1.29 bits per heavy atom. The van der Waals surface area contributed by atoms with Gasteiger partial charge >= 0.3 is 0 Å². The van der Waals surface area contributed by atoms with E-state index in [2.05, 4.69) is 28.0 Å². The molecule has 0 fully saturated rings. The van der Waals surface area contributed by atoms with Gasteiger partial charge in [0.25, 0.3) is 0 Å². The molecule has 0 aliphatic rings. The van der Waals surface area contributed by atoms with Crippen molar-refractivity contribution >= 4 is 21.7 Å². The molecule has 0 saturated carbocycles. The number of rotatable bonds is 4. The molecule has 1 aromatic carbocycles. The van der Waals surface area contributed by atoms with Gasteiger partial charge in [0, 0.05) is 22.8 Å². The number of carbonyl (C=O) groups excluding carboxylic acids is 1. The van der Waals surface area contributed by atoms with Gasteiger partial charge in [-0.15, -0.1) is 0 Å². The zero-order valence-electron chi connectivity index (χ0n) is 9.56. The van der Waals surface area contributed by atoms with Crippen LogP contribution in [-0.4, -0.2) is 15.6 Å². The van der Waals surface area contributed by atoms with Gasteiger partial charge in [-0.25, -0.2) is 0 Å². The lowest BCUT2D eigenvalue weighted by atomic mass is 10.1. The Balaban J connectivity index is 2.30. The van der Waals surface area contributed by atoms with Gasteiger partial charge in [-0.05, 0) is 36.8 Å². The van der Waals surface area contributed by atoms with E-state index >= 15 is 0 Å². The predicted octanol–water partition coefficient (Wildman–Crippen LogP) is 3.29. The third-order valence-corrected chi connectivity index (χ3v) is 3.02. The Labute approximate surface area is 109 Å². The van der Waals surface area contributed by atoms with Crippen molar-refractivity contribution < 1.29 is 4.79 Å². The summed E-state index contributed by atoms with van der Waals surface area (Å²) in [6.45, 7) is 2.83. The summed E-state index contributed by atoms with van der Waals surface area (Å²) in [5.41, 5.74) is 1.33. The smallest absolute Gasteiger partial charge is 0.211 e. The minimum atomic E-state index is 0.0171. The summed E-state index contributed by atoms with van der Waals surface area (Å²) in [4.78, 5) is 12.2. The van der Waals surface area contributed by atoms with Crippen LogP contribution in [0.25, 0.3) is 0 Å². The molecule has 2 aromatic rings. The normalized spacial score (nSPS) is 10.5. The second-order valence-electron chi connectivity index (χ2n) is 3.78. The molecule has 0 bridgehead atoms. The molecule has 3 nitrogen and oxygen atoms in total. The maximum Gasteiger partial charge on any atom is 0.211 e. The predicted molar refractivity (Wildman–Crippen MR) is 70.1 cm³/mol. The zero-order chi connectivity index (χ0) is 12.3. The summed E-state index contributed by atoms with van der Waals surface area (Å²) >= 11 is 3.35. The highest BCUT2D eigenvalue weighted by Gasteiger charge is 2.13. The fourth-order valence-electron chi connectivity index (χ4n) is 1.66. The van der Waals surface area contributed by atoms with Crippen molar-refractivity contribution in [2.24, 2.45) is 0 Å². The molecule has 0 N–H and O–H groups in total. The van der Waals surface area contributed by atoms with Crippen molar-refractivity contribution in [3.05, 3.63) is 52.3 Å². The third kappa shape index (κ3) is 2.64. The molecular weight excluding hydrogens is 280 g/mol. The van der Waals surface area contributed by atoms with E-state index in [1.54, 1.807) is 16.9 Å². The van der Waals surface area contributed by atoms with Gasteiger partial charge in [0.2, 0.25) is 5.78 Å². The van der Waals surface area contributed by atoms with Crippen LogP contribution in [0.2, 0.25) is 0 Å².